The Morgan fingerprint density at radius 2 is 1.75 bits per heavy atom. The van der Waals surface area contributed by atoms with Gasteiger partial charge in [0.25, 0.3) is 0 Å². The standard InChI is InChI=1S/C14H8N2O4/c17-13(18)9-5-8-4-7-2-1-3-15-10(7)6-11(8)16-12(9)14(19)20/h1-6H,(H,17,18)(H,19,20). The first-order chi connectivity index (χ1) is 9.56. The highest BCUT2D eigenvalue weighted by molar-refractivity contribution is 6.05. The lowest BCUT2D eigenvalue weighted by Gasteiger charge is -2.05. The van der Waals surface area contributed by atoms with E-state index in [1.165, 1.54) is 6.07 Å². The predicted molar refractivity (Wildman–Crippen MR) is 71.0 cm³/mol. The maximum atomic E-state index is 11.1. The Hall–Kier alpha value is -3.02. The summed E-state index contributed by atoms with van der Waals surface area (Å²) in [6, 6.07) is 8.31. The molecule has 0 atom stereocenters. The number of pyridine rings is 2. The lowest BCUT2D eigenvalue weighted by molar-refractivity contribution is 0.0647. The maximum absolute atomic E-state index is 11.1. The Morgan fingerprint density at radius 1 is 0.950 bits per heavy atom. The van der Waals surface area contributed by atoms with Crippen LogP contribution in [0, 0.1) is 0 Å². The highest BCUT2D eigenvalue weighted by atomic mass is 16.4. The average Bonchev–Trinajstić information content (AvgIpc) is 2.43. The van der Waals surface area contributed by atoms with E-state index >= 15 is 0 Å². The van der Waals surface area contributed by atoms with Crippen molar-refractivity contribution in [2.45, 2.75) is 0 Å². The predicted octanol–water partition coefficient (Wildman–Crippen LogP) is 2.18. The molecule has 0 spiro atoms. The molecule has 0 fully saturated rings. The summed E-state index contributed by atoms with van der Waals surface area (Å²) in [5, 5.41) is 19.5. The second kappa shape index (κ2) is 4.27. The van der Waals surface area contributed by atoms with E-state index in [1.54, 1.807) is 24.4 Å². The highest BCUT2D eigenvalue weighted by Crippen LogP contribution is 2.22. The van der Waals surface area contributed by atoms with Crippen LogP contribution in [0.15, 0.2) is 36.5 Å². The van der Waals surface area contributed by atoms with Crippen LogP contribution < -0.4 is 0 Å². The lowest BCUT2D eigenvalue weighted by atomic mass is 10.1. The molecule has 0 unspecified atom stereocenters. The molecule has 98 valence electrons. The maximum Gasteiger partial charge on any atom is 0.355 e. The molecular formula is C14H8N2O4. The quantitative estimate of drug-likeness (QED) is 0.691. The summed E-state index contributed by atoms with van der Waals surface area (Å²) < 4.78 is 0. The first-order valence-corrected chi connectivity index (χ1v) is 5.72. The van der Waals surface area contributed by atoms with Crippen molar-refractivity contribution < 1.29 is 19.8 Å². The zero-order valence-corrected chi connectivity index (χ0v) is 10.1. The topological polar surface area (TPSA) is 100 Å². The number of carbonyl (C=O) groups is 2. The Labute approximate surface area is 112 Å². The van der Waals surface area contributed by atoms with E-state index in [0.29, 0.717) is 16.4 Å². The third-order valence-corrected chi connectivity index (χ3v) is 2.97. The summed E-state index contributed by atoms with van der Waals surface area (Å²) in [4.78, 5) is 30.3. The van der Waals surface area contributed by atoms with Crippen LogP contribution in [0.25, 0.3) is 21.8 Å². The molecule has 0 saturated carbocycles. The van der Waals surface area contributed by atoms with Crippen LogP contribution in [0.5, 0.6) is 0 Å². The molecule has 20 heavy (non-hydrogen) atoms. The fourth-order valence-corrected chi connectivity index (χ4v) is 2.07. The van der Waals surface area contributed by atoms with Crippen molar-refractivity contribution in [1.29, 1.82) is 0 Å². The molecule has 0 aliphatic heterocycles. The first-order valence-electron chi connectivity index (χ1n) is 5.72. The Morgan fingerprint density at radius 3 is 2.45 bits per heavy atom. The molecule has 1 aromatic carbocycles. The van der Waals surface area contributed by atoms with Gasteiger partial charge in [0.2, 0.25) is 0 Å². The third kappa shape index (κ3) is 1.83. The summed E-state index contributed by atoms with van der Waals surface area (Å²) in [6.07, 6.45) is 1.62. The normalized spacial score (nSPS) is 10.8. The molecule has 0 bridgehead atoms. The minimum atomic E-state index is -1.37. The number of rotatable bonds is 2. The average molecular weight is 268 g/mol. The van der Waals surface area contributed by atoms with E-state index in [2.05, 4.69) is 9.97 Å². The third-order valence-electron chi connectivity index (χ3n) is 2.97. The van der Waals surface area contributed by atoms with Crippen molar-refractivity contribution in [3.05, 3.63) is 47.8 Å². The van der Waals surface area contributed by atoms with Crippen LogP contribution in [-0.2, 0) is 0 Å². The highest BCUT2D eigenvalue weighted by Gasteiger charge is 2.19. The van der Waals surface area contributed by atoms with Gasteiger partial charge in [-0.05, 0) is 24.3 Å². The van der Waals surface area contributed by atoms with Crippen LogP contribution in [0.3, 0.4) is 0 Å². The van der Waals surface area contributed by atoms with Gasteiger partial charge in [0.05, 0.1) is 16.6 Å². The molecule has 3 rings (SSSR count). The molecule has 2 aromatic heterocycles. The largest absolute Gasteiger partial charge is 0.478 e. The fourth-order valence-electron chi connectivity index (χ4n) is 2.07. The second-order valence-corrected chi connectivity index (χ2v) is 4.24. The van der Waals surface area contributed by atoms with E-state index < -0.39 is 17.6 Å². The smallest absolute Gasteiger partial charge is 0.355 e. The van der Waals surface area contributed by atoms with Gasteiger partial charge in [0.15, 0.2) is 5.69 Å². The van der Waals surface area contributed by atoms with Crippen LogP contribution in [0.2, 0.25) is 0 Å². The molecule has 3 aromatic rings. The molecule has 0 aliphatic rings. The number of aromatic carboxylic acids is 2. The van der Waals surface area contributed by atoms with Crippen LogP contribution in [-0.4, -0.2) is 32.1 Å². The number of fused-ring (bicyclic) bond motifs is 2. The number of aromatic nitrogens is 2. The lowest BCUT2D eigenvalue weighted by Crippen LogP contribution is -2.10. The van der Waals surface area contributed by atoms with Gasteiger partial charge in [0, 0.05) is 17.0 Å². The van der Waals surface area contributed by atoms with E-state index in [-0.39, 0.29) is 5.56 Å². The zero-order valence-electron chi connectivity index (χ0n) is 10.1. The summed E-state index contributed by atoms with van der Waals surface area (Å²) in [5.74, 6) is -2.69. The molecule has 0 radical (unpaired) electrons. The number of hydrogen-bond acceptors (Lipinski definition) is 4. The molecule has 0 aliphatic carbocycles. The minimum Gasteiger partial charge on any atom is -0.478 e. The van der Waals surface area contributed by atoms with Crippen molar-refractivity contribution in [2.24, 2.45) is 0 Å². The summed E-state index contributed by atoms with van der Waals surface area (Å²) in [6.45, 7) is 0. The number of nitrogens with zero attached hydrogens (tertiary/aromatic N) is 2. The number of benzene rings is 1. The van der Waals surface area contributed by atoms with E-state index in [9.17, 15) is 9.59 Å². The van der Waals surface area contributed by atoms with Gasteiger partial charge in [0.1, 0.15) is 0 Å². The van der Waals surface area contributed by atoms with Crippen molar-refractivity contribution in [2.75, 3.05) is 0 Å². The summed E-state index contributed by atoms with van der Waals surface area (Å²) in [5.41, 5.74) is 0.277. The van der Waals surface area contributed by atoms with Crippen molar-refractivity contribution >= 4 is 33.7 Å². The van der Waals surface area contributed by atoms with Crippen molar-refractivity contribution in [3.63, 3.8) is 0 Å². The van der Waals surface area contributed by atoms with Crippen LogP contribution in [0.4, 0.5) is 0 Å². The Kier molecular flexibility index (Phi) is 2.57. The van der Waals surface area contributed by atoms with Gasteiger partial charge >= 0.3 is 11.9 Å². The monoisotopic (exact) mass is 268 g/mol. The summed E-state index contributed by atoms with van der Waals surface area (Å²) in [7, 11) is 0. The number of hydrogen-bond donors (Lipinski definition) is 2. The molecule has 2 N–H and O–H groups in total. The molecule has 0 amide bonds. The first kappa shape index (κ1) is 12.0. The van der Waals surface area contributed by atoms with Crippen molar-refractivity contribution in [1.82, 2.24) is 9.97 Å². The molecule has 6 nitrogen and oxygen atoms in total. The molecule has 6 heteroatoms. The van der Waals surface area contributed by atoms with E-state index in [4.69, 9.17) is 10.2 Å². The van der Waals surface area contributed by atoms with E-state index in [1.807, 2.05) is 6.07 Å². The Bertz CT molecular complexity index is 802. The van der Waals surface area contributed by atoms with Gasteiger partial charge in [-0.3, -0.25) is 4.98 Å². The number of carboxylic acids is 2. The van der Waals surface area contributed by atoms with Gasteiger partial charge in [-0.25, -0.2) is 14.6 Å². The molecule has 2 heterocycles. The fraction of sp³-hybridized carbons (Fsp3) is 0. The van der Waals surface area contributed by atoms with E-state index in [0.717, 1.165) is 5.39 Å². The zero-order chi connectivity index (χ0) is 14.3. The van der Waals surface area contributed by atoms with Gasteiger partial charge < -0.3 is 10.2 Å². The van der Waals surface area contributed by atoms with Gasteiger partial charge in [-0.1, -0.05) is 6.07 Å². The van der Waals surface area contributed by atoms with Crippen LogP contribution >= 0.6 is 0 Å². The second-order valence-electron chi connectivity index (χ2n) is 4.24. The Balaban J connectivity index is 2.41. The van der Waals surface area contributed by atoms with Gasteiger partial charge in [-0.2, -0.15) is 0 Å². The van der Waals surface area contributed by atoms with Gasteiger partial charge in [-0.15, -0.1) is 0 Å². The molecular weight excluding hydrogens is 260 g/mol. The summed E-state index contributed by atoms with van der Waals surface area (Å²) >= 11 is 0. The molecule has 0 saturated heterocycles. The van der Waals surface area contributed by atoms with Crippen LogP contribution in [0.1, 0.15) is 20.8 Å². The van der Waals surface area contributed by atoms with Crippen molar-refractivity contribution in [3.8, 4) is 0 Å². The number of carboxylic acid groups (broad SMARTS) is 2. The minimum absolute atomic E-state index is 0.326. The SMILES string of the molecule is O=C(O)c1cc2cc3cccnc3cc2nc1C(=O)O.